The quantitative estimate of drug-likeness (QED) is 0.878. The van der Waals surface area contributed by atoms with Crippen molar-refractivity contribution in [2.75, 3.05) is 5.32 Å². The third-order valence-electron chi connectivity index (χ3n) is 3.45. The maximum absolute atomic E-state index is 11.8. The van der Waals surface area contributed by atoms with E-state index in [0.717, 1.165) is 5.56 Å². The summed E-state index contributed by atoms with van der Waals surface area (Å²) in [5, 5.41) is 15.7. The smallest absolute Gasteiger partial charge is 0.307 e. The highest BCUT2D eigenvalue weighted by Crippen LogP contribution is 2.39. The van der Waals surface area contributed by atoms with Gasteiger partial charge in [0.1, 0.15) is 6.33 Å². The van der Waals surface area contributed by atoms with Gasteiger partial charge in [-0.15, -0.1) is 0 Å². The molecule has 0 aliphatic heterocycles. The Morgan fingerprint density at radius 3 is 2.52 bits per heavy atom. The van der Waals surface area contributed by atoms with Crippen LogP contribution in [0.4, 0.5) is 5.69 Å². The molecule has 1 heterocycles. The van der Waals surface area contributed by atoms with E-state index in [1.165, 1.54) is 0 Å². The summed E-state index contributed by atoms with van der Waals surface area (Å²) in [7, 11) is 1.79. The van der Waals surface area contributed by atoms with Gasteiger partial charge in [-0.3, -0.25) is 14.3 Å². The van der Waals surface area contributed by atoms with Crippen LogP contribution in [0, 0.1) is 11.8 Å². The molecule has 3 rings (SSSR count). The highest BCUT2D eigenvalue weighted by molar-refractivity contribution is 5.98. The van der Waals surface area contributed by atoms with Crippen molar-refractivity contribution < 1.29 is 14.7 Å². The van der Waals surface area contributed by atoms with Crippen molar-refractivity contribution in [2.45, 2.75) is 6.42 Å². The van der Waals surface area contributed by atoms with Gasteiger partial charge in [0.2, 0.25) is 5.91 Å². The zero-order chi connectivity index (χ0) is 15.0. The number of hydrogen-bond donors (Lipinski definition) is 2. The number of carboxylic acids is 1. The van der Waals surface area contributed by atoms with Crippen LogP contribution in [0.2, 0.25) is 0 Å². The second-order valence-electron chi connectivity index (χ2n) is 5.10. The van der Waals surface area contributed by atoms with Crippen molar-refractivity contribution in [2.24, 2.45) is 18.9 Å². The largest absolute Gasteiger partial charge is 0.481 e. The summed E-state index contributed by atoms with van der Waals surface area (Å²) in [6, 6.07) is 7.13. The summed E-state index contributed by atoms with van der Waals surface area (Å²) < 4.78 is 1.62. The van der Waals surface area contributed by atoms with Crippen molar-refractivity contribution in [1.29, 1.82) is 0 Å². The van der Waals surface area contributed by atoms with Crippen molar-refractivity contribution >= 4 is 17.6 Å². The Morgan fingerprint density at radius 1 is 1.29 bits per heavy atom. The van der Waals surface area contributed by atoms with Crippen LogP contribution in [-0.2, 0) is 16.6 Å². The summed E-state index contributed by atoms with van der Waals surface area (Å²) in [5.41, 5.74) is 1.49. The van der Waals surface area contributed by atoms with Gasteiger partial charge in [0, 0.05) is 18.3 Å². The first-order chi connectivity index (χ1) is 10.0. The molecule has 1 saturated carbocycles. The first-order valence-corrected chi connectivity index (χ1v) is 6.54. The summed E-state index contributed by atoms with van der Waals surface area (Å²) in [4.78, 5) is 26.7. The maximum Gasteiger partial charge on any atom is 0.307 e. The number of nitrogens with one attached hydrogen (secondary N) is 1. The lowest BCUT2D eigenvalue weighted by Gasteiger charge is -2.05. The monoisotopic (exact) mass is 286 g/mol. The molecular formula is C14H14N4O3. The predicted molar refractivity (Wildman–Crippen MR) is 74.3 cm³/mol. The van der Waals surface area contributed by atoms with Crippen molar-refractivity contribution in [3.8, 4) is 11.4 Å². The molecule has 0 spiro atoms. The zero-order valence-electron chi connectivity index (χ0n) is 11.4. The number of nitrogens with zero attached hydrogens (tertiary/aromatic N) is 3. The number of carbonyl (C=O) groups is 2. The molecule has 2 aromatic rings. The van der Waals surface area contributed by atoms with Crippen molar-refractivity contribution in [1.82, 2.24) is 14.8 Å². The van der Waals surface area contributed by atoms with Gasteiger partial charge in [-0.2, -0.15) is 5.10 Å². The first kappa shape index (κ1) is 13.3. The number of carbonyl (C=O) groups excluding carboxylic acids is 1. The Morgan fingerprint density at radius 2 is 2.00 bits per heavy atom. The lowest BCUT2D eigenvalue weighted by Crippen LogP contribution is -2.16. The van der Waals surface area contributed by atoms with Crippen LogP contribution in [0.5, 0.6) is 0 Å². The molecule has 2 atom stereocenters. The highest BCUT2D eigenvalue weighted by Gasteiger charge is 2.48. The molecule has 0 bridgehead atoms. The number of hydrogen-bond acceptors (Lipinski definition) is 4. The molecule has 1 aromatic heterocycles. The number of anilines is 1. The molecule has 2 unspecified atom stereocenters. The SMILES string of the molecule is Cn1cnc(-c2ccc(NC(=O)C3CC3C(=O)O)cc2)n1. The fourth-order valence-electron chi connectivity index (χ4n) is 2.17. The van der Waals surface area contributed by atoms with Gasteiger partial charge >= 0.3 is 5.97 Å². The molecular weight excluding hydrogens is 272 g/mol. The fraction of sp³-hybridized carbons (Fsp3) is 0.286. The van der Waals surface area contributed by atoms with Crippen LogP contribution in [0.15, 0.2) is 30.6 Å². The number of amides is 1. The van der Waals surface area contributed by atoms with E-state index in [1.807, 2.05) is 12.1 Å². The topological polar surface area (TPSA) is 97.1 Å². The number of rotatable bonds is 4. The number of carboxylic acid groups (broad SMARTS) is 1. The van der Waals surface area contributed by atoms with E-state index in [1.54, 1.807) is 30.2 Å². The molecule has 0 saturated heterocycles. The maximum atomic E-state index is 11.8. The van der Waals surface area contributed by atoms with Crippen LogP contribution in [0.25, 0.3) is 11.4 Å². The minimum Gasteiger partial charge on any atom is -0.481 e. The van der Waals surface area contributed by atoms with Gasteiger partial charge in [0.05, 0.1) is 11.8 Å². The molecule has 1 aromatic carbocycles. The number of aliphatic carboxylic acids is 1. The van der Waals surface area contributed by atoms with Gasteiger partial charge in [0.25, 0.3) is 0 Å². The average molecular weight is 286 g/mol. The zero-order valence-corrected chi connectivity index (χ0v) is 11.4. The first-order valence-electron chi connectivity index (χ1n) is 6.54. The minimum atomic E-state index is -0.910. The van der Waals surface area contributed by atoms with E-state index in [9.17, 15) is 9.59 Å². The summed E-state index contributed by atoms with van der Waals surface area (Å²) in [6.07, 6.45) is 2.03. The van der Waals surface area contributed by atoms with E-state index in [-0.39, 0.29) is 5.91 Å². The van der Waals surface area contributed by atoms with Crippen LogP contribution in [0.3, 0.4) is 0 Å². The predicted octanol–water partition coefficient (Wildman–Crippen LogP) is 1.14. The van der Waals surface area contributed by atoms with Gasteiger partial charge < -0.3 is 10.4 Å². The molecule has 1 amide bonds. The lowest BCUT2D eigenvalue weighted by atomic mass is 10.2. The number of benzene rings is 1. The molecule has 1 aliphatic carbocycles. The third-order valence-corrected chi connectivity index (χ3v) is 3.45. The molecule has 21 heavy (non-hydrogen) atoms. The Bertz CT molecular complexity index is 692. The normalized spacial score (nSPS) is 20.0. The van der Waals surface area contributed by atoms with E-state index in [4.69, 9.17) is 5.11 Å². The number of aromatic nitrogens is 3. The lowest BCUT2D eigenvalue weighted by molar-refractivity contribution is -0.139. The Balaban J connectivity index is 1.65. The highest BCUT2D eigenvalue weighted by atomic mass is 16.4. The van der Waals surface area contributed by atoms with Crippen LogP contribution in [0.1, 0.15) is 6.42 Å². The van der Waals surface area contributed by atoms with Gasteiger partial charge in [-0.05, 0) is 30.7 Å². The molecule has 2 N–H and O–H groups in total. The molecule has 1 fully saturated rings. The van der Waals surface area contributed by atoms with Gasteiger partial charge in [-0.25, -0.2) is 4.98 Å². The van der Waals surface area contributed by atoms with Crippen molar-refractivity contribution in [3.05, 3.63) is 30.6 Å². The fourth-order valence-corrected chi connectivity index (χ4v) is 2.17. The van der Waals surface area contributed by atoms with Crippen LogP contribution in [-0.4, -0.2) is 31.7 Å². The summed E-state index contributed by atoms with van der Waals surface area (Å²) in [6.45, 7) is 0. The molecule has 7 nitrogen and oxygen atoms in total. The molecule has 0 radical (unpaired) electrons. The van der Waals surface area contributed by atoms with E-state index in [2.05, 4.69) is 15.4 Å². The average Bonchev–Trinajstić information content (AvgIpc) is 3.16. The standard InChI is InChI=1S/C14H14N4O3/c1-18-7-15-12(17-18)8-2-4-9(5-3-8)16-13(19)10-6-11(10)14(20)21/h2-5,7,10-11H,6H2,1H3,(H,16,19)(H,20,21). The van der Waals surface area contributed by atoms with Crippen LogP contribution < -0.4 is 5.32 Å². The van der Waals surface area contributed by atoms with Crippen molar-refractivity contribution in [3.63, 3.8) is 0 Å². The Hall–Kier alpha value is -2.70. The second-order valence-corrected chi connectivity index (χ2v) is 5.10. The summed E-state index contributed by atoms with van der Waals surface area (Å²) in [5.74, 6) is -1.50. The number of aryl methyl sites for hydroxylation is 1. The van der Waals surface area contributed by atoms with Gasteiger partial charge in [0.15, 0.2) is 5.82 Å². The van der Waals surface area contributed by atoms with E-state index in [0.29, 0.717) is 17.9 Å². The van der Waals surface area contributed by atoms with Crippen LogP contribution >= 0.6 is 0 Å². The van der Waals surface area contributed by atoms with Gasteiger partial charge in [-0.1, -0.05) is 0 Å². The van der Waals surface area contributed by atoms with E-state index >= 15 is 0 Å². The summed E-state index contributed by atoms with van der Waals surface area (Å²) >= 11 is 0. The minimum absolute atomic E-state index is 0.244. The molecule has 7 heteroatoms. The third kappa shape index (κ3) is 2.76. The Labute approximate surface area is 120 Å². The molecule has 108 valence electrons. The Kier molecular flexibility index (Phi) is 3.17. The van der Waals surface area contributed by atoms with E-state index < -0.39 is 17.8 Å². The molecule has 1 aliphatic rings. The second kappa shape index (κ2) is 5.01.